The number of halogens is 1. The first-order chi connectivity index (χ1) is 8.80. The second-order valence-corrected chi connectivity index (χ2v) is 5.12. The zero-order valence-corrected chi connectivity index (χ0v) is 12.2. The summed E-state index contributed by atoms with van der Waals surface area (Å²) in [5.74, 6) is 0.307. The number of methoxy groups -OCH3 is 1. The van der Waals surface area contributed by atoms with E-state index in [1.54, 1.807) is 7.11 Å². The van der Waals surface area contributed by atoms with Crippen molar-refractivity contribution < 1.29 is 14.2 Å². The van der Waals surface area contributed by atoms with Gasteiger partial charge in [-0.1, -0.05) is 15.9 Å². The molecule has 0 amide bonds. The molecule has 0 saturated carbocycles. The lowest BCUT2D eigenvalue weighted by Gasteiger charge is -2.28. The molecule has 1 saturated heterocycles. The van der Waals surface area contributed by atoms with Gasteiger partial charge in [0.2, 0.25) is 0 Å². The molecule has 2 rings (SSSR count). The largest absolute Gasteiger partial charge is 0.497 e. The van der Waals surface area contributed by atoms with Gasteiger partial charge in [-0.15, -0.1) is 0 Å². The van der Waals surface area contributed by atoms with Crippen molar-refractivity contribution in [3.8, 4) is 5.75 Å². The van der Waals surface area contributed by atoms with E-state index < -0.39 is 5.79 Å². The molecule has 1 aliphatic heterocycles. The Morgan fingerprint density at radius 1 is 1.17 bits per heavy atom. The molecule has 0 aromatic heterocycles. The van der Waals surface area contributed by atoms with E-state index >= 15 is 0 Å². The lowest BCUT2D eigenvalue weighted by atomic mass is 9.99. The molecular formula is C14H19BrO3. The minimum Gasteiger partial charge on any atom is -0.497 e. The van der Waals surface area contributed by atoms with Gasteiger partial charge in [0.05, 0.1) is 20.3 Å². The van der Waals surface area contributed by atoms with Crippen molar-refractivity contribution in [1.82, 2.24) is 0 Å². The van der Waals surface area contributed by atoms with Crippen LogP contribution in [-0.4, -0.2) is 25.7 Å². The smallest absolute Gasteiger partial charge is 0.194 e. The fourth-order valence-electron chi connectivity index (χ4n) is 2.21. The van der Waals surface area contributed by atoms with Gasteiger partial charge in [-0.25, -0.2) is 0 Å². The molecule has 1 aromatic rings. The van der Waals surface area contributed by atoms with Gasteiger partial charge in [0.1, 0.15) is 5.75 Å². The normalized spacial score (nSPS) is 17.9. The van der Waals surface area contributed by atoms with Gasteiger partial charge in [0.15, 0.2) is 5.79 Å². The van der Waals surface area contributed by atoms with Crippen LogP contribution in [0.4, 0.5) is 0 Å². The molecule has 0 unspecified atom stereocenters. The molecule has 1 heterocycles. The Morgan fingerprint density at radius 3 is 2.39 bits per heavy atom. The van der Waals surface area contributed by atoms with Crippen molar-refractivity contribution in [2.45, 2.75) is 25.0 Å². The summed E-state index contributed by atoms with van der Waals surface area (Å²) in [4.78, 5) is 0. The minimum absolute atomic E-state index is 0.547. The Balaban J connectivity index is 2.12. The summed E-state index contributed by atoms with van der Waals surface area (Å²) < 4.78 is 16.9. The minimum atomic E-state index is -0.547. The van der Waals surface area contributed by atoms with Gasteiger partial charge in [-0.05, 0) is 37.1 Å². The third kappa shape index (κ3) is 3.05. The van der Waals surface area contributed by atoms with Crippen molar-refractivity contribution in [1.29, 1.82) is 0 Å². The summed E-state index contributed by atoms with van der Waals surface area (Å²) in [6.07, 6.45) is 3.10. The molecule has 4 heteroatoms. The van der Waals surface area contributed by atoms with E-state index in [1.807, 2.05) is 24.3 Å². The maximum atomic E-state index is 5.87. The zero-order chi connectivity index (χ0) is 12.8. The summed E-state index contributed by atoms with van der Waals surface area (Å²) >= 11 is 3.45. The van der Waals surface area contributed by atoms with E-state index in [4.69, 9.17) is 14.2 Å². The average molecular weight is 315 g/mol. The molecule has 0 N–H and O–H groups in total. The molecule has 0 atom stereocenters. The maximum Gasteiger partial charge on any atom is 0.194 e. The zero-order valence-electron chi connectivity index (χ0n) is 10.7. The summed E-state index contributed by atoms with van der Waals surface area (Å²) in [5.41, 5.74) is 1.08. The Bertz CT molecular complexity index is 358. The molecule has 0 aliphatic carbocycles. The summed E-state index contributed by atoms with van der Waals surface area (Å²) in [7, 11) is 1.67. The number of hydrogen-bond acceptors (Lipinski definition) is 3. The van der Waals surface area contributed by atoms with Crippen LogP contribution in [0.1, 0.15) is 24.8 Å². The fourth-order valence-corrected chi connectivity index (χ4v) is 2.60. The third-order valence-electron chi connectivity index (χ3n) is 3.17. The van der Waals surface area contributed by atoms with Gasteiger partial charge in [0, 0.05) is 17.3 Å². The van der Waals surface area contributed by atoms with Crippen molar-refractivity contribution >= 4 is 15.9 Å². The number of benzene rings is 1. The van der Waals surface area contributed by atoms with Crippen LogP contribution in [0.2, 0.25) is 0 Å². The van der Waals surface area contributed by atoms with Gasteiger partial charge in [-0.2, -0.15) is 0 Å². The van der Waals surface area contributed by atoms with Crippen LogP contribution in [0.25, 0.3) is 0 Å². The molecular weight excluding hydrogens is 296 g/mol. The van der Waals surface area contributed by atoms with Crippen LogP contribution in [0.15, 0.2) is 24.3 Å². The molecule has 100 valence electrons. The lowest BCUT2D eigenvalue weighted by molar-refractivity contribution is -0.171. The molecule has 0 spiro atoms. The molecule has 0 radical (unpaired) electrons. The molecule has 0 bridgehead atoms. The number of hydrogen-bond donors (Lipinski definition) is 0. The Labute approximate surface area is 117 Å². The number of unbranched alkanes of at least 4 members (excludes halogenated alkanes) is 1. The molecule has 1 aromatic carbocycles. The quantitative estimate of drug-likeness (QED) is 0.594. The summed E-state index contributed by atoms with van der Waals surface area (Å²) in [6.45, 7) is 1.33. The first kappa shape index (κ1) is 13.8. The Hall–Kier alpha value is -0.580. The van der Waals surface area contributed by atoms with Crippen molar-refractivity contribution in [2.75, 3.05) is 25.7 Å². The standard InChI is InChI=1S/C14H19BrO3/c1-16-13-6-4-12(5-7-13)14(8-2-3-9-15)17-10-11-18-14/h4-7H,2-3,8-11H2,1H3. The van der Waals surface area contributed by atoms with Crippen LogP contribution in [0.5, 0.6) is 5.75 Å². The molecule has 1 aliphatic rings. The van der Waals surface area contributed by atoms with Crippen LogP contribution >= 0.6 is 15.9 Å². The summed E-state index contributed by atoms with van der Waals surface area (Å²) in [6, 6.07) is 7.95. The van der Waals surface area contributed by atoms with E-state index in [0.717, 1.165) is 35.9 Å². The predicted octanol–water partition coefficient (Wildman–Crippen LogP) is 3.46. The number of ether oxygens (including phenoxy) is 3. The van der Waals surface area contributed by atoms with E-state index in [9.17, 15) is 0 Å². The Kier molecular flexibility index (Phi) is 5.03. The highest BCUT2D eigenvalue weighted by atomic mass is 79.9. The van der Waals surface area contributed by atoms with Gasteiger partial charge >= 0.3 is 0 Å². The third-order valence-corrected chi connectivity index (χ3v) is 3.73. The highest BCUT2D eigenvalue weighted by Gasteiger charge is 2.37. The second-order valence-electron chi connectivity index (χ2n) is 4.32. The first-order valence-corrected chi connectivity index (χ1v) is 7.41. The SMILES string of the molecule is COc1ccc(C2(CCCCBr)OCCO2)cc1. The van der Waals surface area contributed by atoms with Crippen molar-refractivity contribution in [3.63, 3.8) is 0 Å². The number of rotatable bonds is 6. The van der Waals surface area contributed by atoms with Crippen LogP contribution in [0, 0.1) is 0 Å². The van der Waals surface area contributed by atoms with E-state index in [0.29, 0.717) is 13.2 Å². The van der Waals surface area contributed by atoms with Gasteiger partial charge in [-0.3, -0.25) is 0 Å². The van der Waals surface area contributed by atoms with Crippen LogP contribution in [-0.2, 0) is 15.3 Å². The van der Waals surface area contributed by atoms with Crippen LogP contribution in [0.3, 0.4) is 0 Å². The summed E-state index contributed by atoms with van der Waals surface area (Å²) in [5, 5.41) is 1.02. The first-order valence-electron chi connectivity index (χ1n) is 6.29. The average Bonchev–Trinajstić information content (AvgIpc) is 2.89. The topological polar surface area (TPSA) is 27.7 Å². The molecule has 18 heavy (non-hydrogen) atoms. The lowest BCUT2D eigenvalue weighted by Crippen LogP contribution is -2.27. The fraction of sp³-hybridized carbons (Fsp3) is 0.571. The predicted molar refractivity (Wildman–Crippen MR) is 74.2 cm³/mol. The van der Waals surface area contributed by atoms with Gasteiger partial charge < -0.3 is 14.2 Å². The van der Waals surface area contributed by atoms with Crippen molar-refractivity contribution in [2.24, 2.45) is 0 Å². The Morgan fingerprint density at radius 2 is 1.83 bits per heavy atom. The highest BCUT2D eigenvalue weighted by molar-refractivity contribution is 9.09. The van der Waals surface area contributed by atoms with E-state index in [2.05, 4.69) is 15.9 Å². The number of alkyl halides is 1. The van der Waals surface area contributed by atoms with Crippen LogP contribution < -0.4 is 4.74 Å². The second kappa shape index (κ2) is 6.55. The molecule has 1 fully saturated rings. The highest BCUT2D eigenvalue weighted by Crippen LogP contribution is 2.37. The monoisotopic (exact) mass is 314 g/mol. The molecule has 3 nitrogen and oxygen atoms in total. The van der Waals surface area contributed by atoms with E-state index in [-0.39, 0.29) is 0 Å². The maximum absolute atomic E-state index is 5.87. The van der Waals surface area contributed by atoms with Gasteiger partial charge in [0.25, 0.3) is 0 Å². The van der Waals surface area contributed by atoms with Crippen molar-refractivity contribution in [3.05, 3.63) is 29.8 Å². The van der Waals surface area contributed by atoms with E-state index in [1.165, 1.54) is 0 Å².